The Labute approximate surface area is 130 Å². The minimum atomic E-state index is -0.160. The highest BCUT2D eigenvalue weighted by Crippen LogP contribution is 2.37. The molecule has 0 spiro atoms. The normalized spacial score (nSPS) is 19.0. The van der Waals surface area contributed by atoms with Gasteiger partial charge in [0.25, 0.3) is 0 Å². The predicted octanol–water partition coefficient (Wildman–Crippen LogP) is 5.10. The molecule has 1 N–H and O–H groups in total. The van der Waals surface area contributed by atoms with Crippen molar-refractivity contribution >= 4 is 11.8 Å². The van der Waals surface area contributed by atoms with Crippen LogP contribution in [0, 0.1) is 5.82 Å². The molecule has 0 aromatic heterocycles. The van der Waals surface area contributed by atoms with Gasteiger partial charge in [0.15, 0.2) is 0 Å². The molecule has 2 unspecified atom stereocenters. The summed E-state index contributed by atoms with van der Waals surface area (Å²) in [5.74, 6) is 0.973. The van der Waals surface area contributed by atoms with Gasteiger partial charge in [-0.2, -0.15) is 0 Å². The average molecular weight is 301 g/mol. The van der Waals surface area contributed by atoms with E-state index in [2.05, 4.69) is 36.5 Å². The summed E-state index contributed by atoms with van der Waals surface area (Å²) >= 11 is 1.93. The largest absolute Gasteiger partial charge is 0.303 e. The Kier molecular flexibility index (Phi) is 4.61. The van der Waals surface area contributed by atoms with Crippen molar-refractivity contribution in [2.45, 2.75) is 36.7 Å². The minimum Gasteiger partial charge on any atom is -0.303 e. The van der Waals surface area contributed by atoms with Gasteiger partial charge in [-0.05, 0) is 47.9 Å². The molecule has 0 radical (unpaired) electrons. The zero-order valence-electron chi connectivity index (χ0n) is 12.2. The maximum Gasteiger partial charge on any atom is 0.123 e. The fraction of sp³-hybridized carbons (Fsp3) is 0.333. The second kappa shape index (κ2) is 6.63. The summed E-state index contributed by atoms with van der Waals surface area (Å²) in [5.41, 5.74) is 2.41. The highest BCUT2D eigenvalue weighted by atomic mass is 32.2. The van der Waals surface area contributed by atoms with Crippen molar-refractivity contribution in [1.29, 1.82) is 0 Å². The molecule has 0 fully saturated rings. The number of benzene rings is 2. The Morgan fingerprint density at radius 1 is 1.24 bits per heavy atom. The summed E-state index contributed by atoms with van der Waals surface area (Å²) in [6.07, 6.45) is 2.07. The number of hydrogen-bond acceptors (Lipinski definition) is 2. The van der Waals surface area contributed by atoms with Crippen molar-refractivity contribution in [3.63, 3.8) is 0 Å². The van der Waals surface area contributed by atoms with Crippen LogP contribution >= 0.6 is 11.8 Å². The smallest absolute Gasteiger partial charge is 0.123 e. The van der Waals surface area contributed by atoms with Crippen LogP contribution in [0.4, 0.5) is 4.39 Å². The summed E-state index contributed by atoms with van der Waals surface area (Å²) in [5, 5.41) is 3.73. The van der Waals surface area contributed by atoms with Crippen molar-refractivity contribution in [3.05, 3.63) is 65.5 Å². The maximum absolute atomic E-state index is 13.5. The molecule has 1 heterocycles. The topological polar surface area (TPSA) is 12.0 Å². The van der Waals surface area contributed by atoms with Crippen molar-refractivity contribution < 1.29 is 4.39 Å². The summed E-state index contributed by atoms with van der Waals surface area (Å²) in [6, 6.07) is 16.1. The molecule has 1 aliphatic heterocycles. The molecule has 2 atom stereocenters. The summed E-state index contributed by atoms with van der Waals surface area (Å²) < 4.78 is 13.5. The fourth-order valence-corrected chi connectivity index (χ4v) is 4.06. The molecular formula is C18H20FNS. The molecule has 2 aromatic rings. The second-order valence-electron chi connectivity index (χ2n) is 5.41. The van der Waals surface area contributed by atoms with Crippen LogP contribution in [0.15, 0.2) is 53.4 Å². The molecule has 1 aliphatic rings. The Morgan fingerprint density at radius 2 is 2.10 bits per heavy atom. The Hall–Kier alpha value is -1.32. The zero-order chi connectivity index (χ0) is 14.7. The Bertz CT molecular complexity index is 614. The van der Waals surface area contributed by atoms with E-state index in [0.717, 1.165) is 24.2 Å². The van der Waals surface area contributed by atoms with Crippen molar-refractivity contribution in [2.75, 3.05) is 5.75 Å². The third-order valence-corrected chi connectivity index (χ3v) is 5.14. The van der Waals surface area contributed by atoms with Crippen LogP contribution in [0.2, 0.25) is 0 Å². The fourth-order valence-electron chi connectivity index (χ4n) is 2.93. The summed E-state index contributed by atoms with van der Waals surface area (Å²) in [6.45, 7) is 2.14. The average Bonchev–Trinajstić information content (AvgIpc) is 2.52. The molecule has 0 saturated carbocycles. The van der Waals surface area contributed by atoms with E-state index in [-0.39, 0.29) is 11.9 Å². The lowest BCUT2D eigenvalue weighted by molar-refractivity contribution is 0.419. The summed E-state index contributed by atoms with van der Waals surface area (Å²) in [4.78, 5) is 1.37. The van der Waals surface area contributed by atoms with Gasteiger partial charge < -0.3 is 5.32 Å². The monoisotopic (exact) mass is 301 g/mol. The first-order valence-electron chi connectivity index (χ1n) is 7.51. The minimum absolute atomic E-state index is 0.160. The first-order chi connectivity index (χ1) is 10.3. The molecule has 0 amide bonds. The SMILES string of the molecule is CCC(NC1CCSc2ccccc21)c1cccc(F)c1. The molecule has 21 heavy (non-hydrogen) atoms. The van der Waals surface area contributed by atoms with Gasteiger partial charge in [0.2, 0.25) is 0 Å². The van der Waals surface area contributed by atoms with Crippen molar-refractivity contribution in [3.8, 4) is 0 Å². The van der Waals surface area contributed by atoms with E-state index >= 15 is 0 Å². The lowest BCUT2D eigenvalue weighted by atomic mass is 9.98. The molecule has 2 aromatic carbocycles. The second-order valence-corrected chi connectivity index (χ2v) is 6.55. The quantitative estimate of drug-likeness (QED) is 0.843. The standard InChI is InChI=1S/C18H20FNS/c1-2-16(13-6-5-7-14(19)12-13)20-17-10-11-21-18-9-4-3-8-15(17)18/h3-9,12,16-17,20H,2,10-11H2,1H3. The molecule has 0 saturated heterocycles. The van der Waals surface area contributed by atoms with Crippen molar-refractivity contribution in [1.82, 2.24) is 5.32 Å². The van der Waals surface area contributed by atoms with E-state index in [9.17, 15) is 4.39 Å². The Balaban J connectivity index is 1.82. The lowest BCUT2D eigenvalue weighted by Gasteiger charge is -2.30. The zero-order valence-corrected chi connectivity index (χ0v) is 13.0. The van der Waals surface area contributed by atoms with Gasteiger partial charge in [-0.25, -0.2) is 4.39 Å². The van der Waals surface area contributed by atoms with Crippen LogP contribution in [0.5, 0.6) is 0 Å². The van der Waals surface area contributed by atoms with Crippen LogP contribution in [0.3, 0.4) is 0 Å². The number of rotatable bonds is 4. The molecule has 1 nitrogen and oxygen atoms in total. The number of thioether (sulfide) groups is 1. The Morgan fingerprint density at radius 3 is 2.90 bits per heavy atom. The van der Waals surface area contributed by atoms with Gasteiger partial charge in [0, 0.05) is 17.0 Å². The first kappa shape index (κ1) is 14.6. The highest BCUT2D eigenvalue weighted by molar-refractivity contribution is 7.99. The first-order valence-corrected chi connectivity index (χ1v) is 8.49. The third kappa shape index (κ3) is 3.30. The van der Waals surface area contributed by atoms with Crippen molar-refractivity contribution in [2.24, 2.45) is 0 Å². The van der Waals surface area contributed by atoms with Crippen LogP contribution in [-0.2, 0) is 0 Å². The van der Waals surface area contributed by atoms with E-state index < -0.39 is 0 Å². The highest BCUT2D eigenvalue weighted by Gasteiger charge is 2.23. The van der Waals surface area contributed by atoms with E-state index in [1.807, 2.05) is 17.8 Å². The van der Waals surface area contributed by atoms with Gasteiger partial charge >= 0.3 is 0 Å². The summed E-state index contributed by atoms with van der Waals surface area (Å²) in [7, 11) is 0. The number of halogens is 1. The lowest BCUT2D eigenvalue weighted by Crippen LogP contribution is -2.28. The molecule has 3 rings (SSSR count). The number of hydrogen-bond donors (Lipinski definition) is 1. The molecule has 3 heteroatoms. The van der Waals surface area contributed by atoms with E-state index in [4.69, 9.17) is 0 Å². The van der Waals surface area contributed by atoms with Gasteiger partial charge in [0.05, 0.1) is 0 Å². The van der Waals surface area contributed by atoms with Crippen LogP contribution in [-0.4, -0.2) is 5.75 Å². The van der Waals surface area contributed by atoms with Gasteiger partial charge in [-0.1, -0.05) is 37.3 Å². The van der Waals surface area contributed by atoms with Gasteiger partial charge in [-0.3, -0.25) is 0 Å². The molecule has 110 valence electrons. The van der Waals surface area contributed by atoms with E-state index in [1.54, 1.807) is 12.1 Å². The molecular weight excluding hydrogens is 281 g/mol. The van der Waals surface area contributed by atoms with Gasteiger partial charge in [0.1, 0.15) is 5.82 Å². The van der Waals surface area contributed by atoms with Crippen LogP contribution in [0.1, 0.15) is 43.0 Å². The predicted molar refractivity (Wildman–Crippen MR) is 87.1 cm³/mol. The number of nitrogens with one attached hydrogen (secondary N) is 1. The van der Waals surface area contributed by atoms with E-state index in [1.165, 1.54) is 16.5 Å². The van der Waals surface area contributed by atoms with Crippen LogP contribution in [0.25, 0.3) is 0 Å². The maximum atomic E-state index is 13.5. The third-order valence-electron chi connectivity index (χ3n) is 4.02. The van der Waals surface area contributed by atoms with E-state index in [0.29, 0.717) is 6.04 Å². The van der Waals surface area contributed by atoms with Crippen LogP contribution < -0.4 is 5.32 Å². The number of fused-ring (bicyclic) bond motifs is 1. The van der Waals surface area contributed by atoms with Gasteiger partial charge in [-0.15, -0.1) is 11.8 Å². The molecule has 0 bridgehead atoms. The molecule has 0 aliphatic carbocycles.